The molecule has 178 valence electrons. The molecule has 0 radical (unpaired) electrons. The van der Waals surface area contributed by atoms with Gasteiger partial charge in [-0.15, -0.1) is 0 Å². The number of hydrogen-bond donors (Lipinski definition) is 0. The van der Waals surface area contributed by atoms with Gasteiger partial charge >= 0.3 is 0 Å². The van der Waals surface area contributed by atoms with Crippen molar-refractivity contribution < 1.29 is 22.7 Å². The second-order valence-corrected chi connectivity index (χ2v) is 10.2. The summed E-state index contributed by atoms with van der Waals surface area (Å²) in [7, 11) is -1.95. The molecule has 2 aromatic rings. The Kier molecular flexibility index (Phi) is 6.81. The number of benzene rings is 2. The molecule has 0 atom stereocenters. The van der Waals surface area contributed by atoms with E-state index in [0.29, 0.717) is 36.7 Å². The van der Waals surface area contributed by atoms with Gasteiger partial charge in [0.15, 0.2) is 11.5 Å². The number of ether oxygens (including phenoxy) is 2. The van der Waals surface area contributed by atoms with Crippen molar-refractivity contribution in [3.8, 4) is 11.5 Å². The summed E-state index contributed by atoms with van der Waals surface area (Å²) in [5, 5.41) is 0. The van der Waals surface area contributed by atoms with Gasteiger partial charge in [-0.25, -0.2) is 8.42 Å². The average Bonchev–Trinajstić information content (AvgIpc) is 3.50. The van der Waals surface area contributed by atoms with Crippen molar-refractivity contribution in [2.24, 2.45) is 0 Å². The number of nitrogens with zero attached hydrogens (tertiary/aromatic N) is 3. The fourth-order valence-electron chi connectivity index (χ4n) is 4.38. The number of hydrogen-bond acceptors (Lipinski definition) is 6. The number of sulfonamides is 1. The Morgan fingerprint density at radius 1 is 1.00 bits per heavy atom. The second-order valence-electron chi connectivity index (χ2n) is 8.31. The Morgan fingerprint density at radius 2 is 1.70 bits per heavy atom. The molecular formula is C24H31N3O5S. The Hall–Kier alpha value is -2.78. The van der Waals surface area contributed by atoms with Crippen molar-refractivity contribution in [2.75, 3.05) is 44.9 Å². The van der Waals surface area contributed by atoms with Crippen LogP contribution >= 0.6 is 0 Å². The van der Waals surface area contributed by atoms with Crippen LogP contribution in [0.25, 0.3) is 0 Å². The molecule has 8 nitrogen and oxygen atoms in total. The number of rotatable bonds is 8. The molecule has 1 amide bonds. The zero-order valence-corrected chi connectivity index (χ0v) is 20.2. The lowest BCUT2D eigenvalue weighted by molar-refractivity contribution is 0.0785. The fourth-order valence-corrected chi connectivity index (χ4v) is 5.87. The quantitative estimate of drug-likeness (QED) is 0.585. The van der Waals surface area contributed by atoms with Gasteiger partial charge in [-0.05, 0) is 48.7 Å². The predicted octanol–water partition coefficient (Wildman–Crippen LogP) is 3.32. The minimum absolute atomic E-state index is 0.147. The van der Waals surface area contributed by atoms with Gasteiger partial charge in [0.1, 0.15) is 0 Å². The number of amides is 1. The maximum Gasteiger partial charge on any atom is 0.256 e. The fraction of sp³-hybridized carbons (Fsp3) is 0.458. The monoisotopic (exact) mass is 473 g/mol. The number of carbonyl (C=O) groups is 1. The van der Waals surface area contributed by atoms with E-state index in [1.807, 2.05) is 32.0 Å². The van der Waals surface area contributed by atoms with Gasteiger partial charge in [0.05, 0.1) is 10.5 Å². The van der Waals surface area contributed by atoms with Gasteiger partial charge in [-0.1, -0.05) is 19.9 Å². The van der Waals surface area contributed by atoms with E-state index in [2.05, 4.69) is 4.90 Å². The van der Waals surface area contributed by atoms with Crippen LogP contribution in [0.5, 0.6) is 11.5 Å². The Morgan fingerprint density at radius 3 is 2.39 bits per heavy atom. The summed E-state index contributed by atoms with van der Waals surface area (Å²) in [5.74, 6) is 1.14. The van der Waals surface area contributed by atoms with Crippen LogP contribution < -0.4 is 14.4 Å². The molecule has 0 aliphatic carbocycles. The smallest absolute Gasteiger partial charge is 0.256 e. The average molecular weight is 474 g/mol. The molecule has 2 aliphatic rings. The first-order chi connectivity index (χ1) is 15.8. The van der Waals surface area contributed by atoms with Gasteiger partial charge < -0.3 is 19.3 Å². The number of carbonyl (C=O) groups excluding carboxylic acids is 1. The lowest BCUT2D eigenvalue weighted by Gasteiger charge is -2.26. The molecule has 2 aromatic carbocycles. The third-order valence-corrected chi connectivity index (χ3v) is 8.24. The topological polar surface area (TPSA) is 79.4 Å². The van der Waals surface area contributed by atoms with E-state index in [1.165, 1.54) is 4.31 Å². The van der Waals surface area contributed by atoms with Crippen LogP contribution in [0.3, 0.4) is 0 Å². The van der Waals surface area contributed by atoms with E-state index in [-0.39, 0.29) is 17.6 Å². The van der Waals surface area contributed by atoms with Crippen molar-refractivity contribution in [3.63, 3.8) is 0 Å². The minimum atomic E-state index is -3.68. The van der Waals surface area contributed by atoms with Crippen LogP contribution in [0.15, 0.2) is 41.3 Å². The third kappa shape index (κ3) is 4.65. The first-order valence-electron chi connectivity index (χ1n) is 11.4. The summed E-state index contributed by atoms with van der Waals surface area (Å²) in [6.45, 7) is 6.64. The van der Waals surface area contributed by atoms with Crippen LogP contribution in [-0.2, 0) is 16.6 Å². The van der Waals surface area contributed by atoms with Gasteiger partial charge in [0.2, 0.25) is 16.8 Å². The van der Waals surface area contributed by atoms with Crippen LogP contribution in [0.2, 0.25) is 0 Å². The molecule has 1 fully saturated rings. The van der Waals surface area contributed by atoms with E-state index in [4.69, 9.17) is 9.47 Å². The molecule has 0 bridgehead atoms. The predicted molar refractivity (Wildman–Crippen MR) is 126 cm³/mol. The van der Waals surface area contributed by atoms with Crippen molar-refractivity contribution in [2.45, 2.75) is 38.1 Å². The largest absolute Gasteiger partial charge is 0.454 e. The van der Waals surface area contributed by atoms with Gasteiger partial charge in [0, 0.05) is 45.5 Å². The highest BCUT2D eigenvalue weighted by Crippen LogP contribution is 2.33. The minimum Gasteiger partial charge on any atom is -0.454 e. The molecule has 2 heterocycles. The molecule has 4 rings (SSSR count). The summed E-state index contributed by atoms with van der Waals surface area (Å²) in [6, 6.07) is 10.6. The second kappa shape index (κ2) is 9.61. The Balaban J connectivity index is 1.66. The summed E-state index contributed by atoms with van der Waals surface area (Å²) in [4.78, 5) is 17.5. The highest BCUT2D eigenvalue weighted by atomic mass is 32.2. The molecule has 33 heavy (non-hydrogen) atoms. The normalized spacial score (nSPS) is 15.3. The molecule has 0 aromatic heterocycles. The zero-order valence-electron chi connectivity index (χ0n) is 19.4. The maximum atomic E-state index is 13.6. The van der Waals surface area contributed by atoms with Crippen molar-refractivity contribution in [1.29, 1.82) is 0 Å². The highest BCUT2D eigenvalue weighted by molar-refractivity contribution is 7.89. The maximum absolute atomic E-state index is 13.6. The Bertz CT molecular complexity index is 1120. The molecule has 1 saturated heterocycles. The molecule has 9 heteroatoms. The Labute approximate surface area is 195 Å². The SMILES string of the molecule is CCN(CC)S(=O)(=O)c1ccc(N2CCCC2)c(C(=O)N(C)Cc2ccc3c(c2)OCO3)c1. The van der Waals surface area contributed by atoms with E-state index >= 15 is 0 Å². The van der Waals surface area contributed by atoms with Gasteiger partial charge in [-0.2, -0.15) is 4.31 Å². The van der Waals surface area contributed by atoms with Crippen LogP contribution in [0.1, 0.15) is 42.6 Å². The zero-order chi connectivity index (χ0) is 23.6. The first kappa shape index (κ1) is 23.4. The molecule has 0 unspecified atom stereocenters. The summed E-state index contributed by atoms with van der Waals surface area (Å²) >= 11 is 0. The third-order valence-electron chi connectivity index (χ3n) is 6.19. The summed E-state index contributed by atoms with van der Waals surface area (Å²) < 4.78 is 38.5. The highest BCUT2D eigenvalue weighted by Gasteiger charge is 2.27. The lowest BCUT2D eigenvalue weighted by Crippen LogP contribution is -2.32. The standard InChI is InChI=1S/C24H31N3O5S/c1-4-27(5-2)33(29,30)19-9-10-21(26-12-6-7-13-26)20(15-19)24(28)25(3)16-18-8-11-22-23(14-18)32-17-31-22/h8-11,14-15H,4-7,12-13,16-17H2,1-3H3. The van der Waals surface area contributed by atoms with Crippen LogP contribution in [0, 0.1) is 0 Å². The van der Waals surface area contributed by atoms with Crippen LogP contribution in [0.4, 0.5) is 5.69 Å². The summed E-state index contributed by atoms with van der Waals surface area (Å²) in [5.41, 5.74) is 2.10. The van der Waals surface area contributed by atoms with E-state index in [9.17, 15) is 13.2 Å². The van der Waals surface area contributed by atoms with E-state index < -0.39 is 10.0 Å². The van der Waals surface area contributed by atoms with Gasteiger partial charge in [0.25, 0.3) is 5.91 Å². The van der Waals surface area contributed by atoms with Crippen molar-refractivity contribution >= 4 is 21.6 Å². The van der Waals surface area contributed by atoms with Crippen LogP contribution in [-0.4, -0.2) is 63.5 Å². The van der Waals surface area contributed by atoms with Gasteiger partial charge in [-0.3, -0.25) is 4.79 Å². The molecule has 0 saturated carbocycles. The summed E-state index contributed by atoms with van der Waals surface area (Å²) in [6.07, 6.45) is 2.11. The molecular weight excluding hydrogens is 442 g/mol. The first-order valence-corrected chi connectivity index (χ1v) is 12.8. The van der Waals surface area contributed by atoms with Crippen molar-refractivity contribution in [3.05, 3.63) is 47.5 Å². The molecule has 0 spiro atoms. The number of anilines is 1. The van der Waals surface area contributed by atoms with E-state index in [1.54, 1.807) is 30.1 Å². The number of fused-ring (bicyclic) bond motifs is 1. The lowest BCUT2D eigenvalue weighted by atomic mass is 10.1. The molecule has 0 N–H and O–H groups in total. The van der Waals surface area contributed by atoms with E-state index in [0.717, 1.165) is 37.2 Å². The van der Waals surface area contributed by atoms with Crippen molar-refractivity contribution in [1.82, 2.24) is 9.21 Å². The molecule has 2 aliphatic heterocycles.